The van der Waals surface area contributed by atoms with Crippen molar-refractivity contribution in [1.29, 1.82) is 0 Å². The molecule has 1 aromatic carbocycles. The topological polar surface area (TPSA) is 94.6 Å². The summed E-state index contributed by atoms with van der Waals surface area (Å²) in [5.74, 6) is -2.10. The molecule has 0 fully saturated rings. The Labute approximate surface area is 155 Å². The lowest BCUT2D eigenvalue weighted by Crippen LogP contribution is -2.41. The van der Waals surface area contributed by atoms with Crippen LogP contribution in [0.3, 0.4) is 0 Å². The van der Waals surface area contributed by atoms with Crippen molar-refractivity contribution >= 4 is 17.8 Å². The minimum Gasteiger partial charge on any atom is -0.469 e. The van der Waals surface area contributed by atoms with Gasteiger partial charge in [-0.3, -0.25) is 14.6 Å². The van der Waals surface area contributed by atoms with E-state index in [1.807, 2.05) is 0 Å². The maximum atomic E-state index is 13.3. The number of nitrogens with one attached hydrogen (secondary N) is 1. The number of esters is 2. The average molecular weight is 374 g/mol. The van der Waals surface area contributed by atoms with Gasteiger partial charge < -0.3 is 14.8 Å². The van der Waals surface area contributed by atoms with Gasteiger partial charge in [-0.15, -0.1) is 0 Å². The Morgan fingerprint density at radius 1 is 1.15 bits per heavy atom. The quantitative estimate of drug-likeness (QED) is 0.746. The van der Waals surface area contributed by atoms with Crippen molar-refractivity contribution < 1.29 is 28.2 Å². The molecule has 142 valence electrons. The van der Waals surface area contributed by atoms with E-state index in [0.717, 1.165) is 0 Å². The molecule has 0 saturated heterocycles. The lowest BCUT2D eigenvalue weighted by atomic mass is 10.1. The maximum Gasteiger partial charge on any atom is 0.328 e. The molecule has 0 bridgehead atoms. The highest BCUT2D eigenvalue weighted by Gasteiger charge is 2.23. The molecule has 7 nitrogen and oxygen atoms in total. The fourth-order valence-corrected chi connectivity index (χ4v) is 2.34. The summed E-state index contributed by atoms with van der Waals surface area (Å²) in [5.41, 5.74) is 1.29. The van der Waals surface area contributed by atoms with Gasteiger partial charge in [0.15, 0.2) is 0 Å². The van der Waals surface area contributed by atoms with E-state index < -0.39 is 23.9 Å². The van der Waals surface area contributed by atoms with Crippen LogP contribution in [0.4, 0.5) is 4.39 Å². The van der Waals surface area contributed by atoms with Crippen molar-refractivity contribution in [1.82, 2.24) is 10.3 Å². The highest BCUT2D eigenvalue weighted by molar-refractivity contribution is 5.96. The molecule has 0 aliphatic rings. The zero-order valence-corrected chi connectivity index (χ0v) is 14.9. The first-order valence-electron chi connectivity index (χ1n) is 8.12. The molecule has 0 unspecified atom stereocenters. The number of amides is 1. The lowest BCUT2D eigenvalue weighted by molar-refractivity contribution is -0.144. The van der Waals surface area contributed by atoms with E-state index in [2.05, 4.69) is 19.8 Å². The molecule has 27 heavy (non-hydrogen) atoms. The number of carbonyl (C=O) groups excluding carboxylic acids is 3. The third-order valence-electron chi connectivity index (χ3n) is 3.80. The van der Waals surface area contributed by atoms with E-state index in [9.17, 15) is 18.8 Å². The van der Waals surface area contributed by atoms with Crippen LogP contribution in [0.25, 0.3) is 11.3 Å². The summed E-state index contributed by atoms with van der Waals surface area (Å²) < 4.78 is 22.5. The molecule has 0 saturated carbocycles. The van der Waals surface area contributed by atoms with E-state index in [1.165, 1.54) is 38.6 Å². The number of ether oxygens (including phenoxy) is 2. The summed E-state index contributed by atoms with van der Waals surface area (Å²) in [7, 11) is 2.43. The van der Waals surface area contributed by atoms with Crippen LogP contribution >= 0.6 is 0 Å². The molecule has 1 N–H and O–H groups in total. The van der Waals surface area contributed by atoms with Crippen LogP contribution < -0.4 is 5.32 Å². The summed E-state index contributed by atoms with van der Waals surface area (Å²) in [6, 6.07) is 8.02. The smallest absolute Gasteiger partial charge is 0.328 e. The first-order chi connectivity index (χ1) is 12.9. The zero-order valence-electron chi connectivity index (χ0n) is 14.9. The average Bonchev–Trinajstić information content (AvgIpc) is 2.70. The van der Waals surface area contributed by atoms with Crippen LogP contribution in [0, 0.1) is 5.82 Å². The van der Waals surface area contributed by atoms with Gasteiger partial charge >= 0.3 is 11.9 Å². The summed E-state index contributed by atoms with van der Waals surface area (Å²) in [5, 5.41) is 2.51. The van der Waals surface area contributed by atoms with E-state index in [0.29, 0.717) is 11.3 Å². The van der Waals surface area contributed by atoms with Crippen LogP contribution in [0.5, 0.6) is 0 Å². The second-order valence-corrected chi connectivity index (χ2v) is 5.61. The molecule has 2 rings (SSSR count). The second kappa shape index (κ2) is 9.42. The van der Waals surface area contributed by atoms with Crippen LogP contribution in [-0.2, 0) is 19.1 Å². The number of benzene rings is 1. The summed E-state index contributed by atoms with van der Waals surface area (Å²) in [6.45, 7) is 0. The number of pyridine rings is 1. The van der Waals surface area contributed by atoms with Gasteiger partial charge in [0.25, 0.3) is 5.91 Å². The van der Waals surface area contributed by atoms with Crippen molar-refractivity contribution in [3.63, 3.8) is 0 Å². The Morgan fingerprint density at radius 3 is 2.52 bits per heavy atom. The first kappa shape index (κ1) is 20.0. The summed E-state index contributed by atoms with van der Waals surface area (Å²) in [6.07, 6.45) is 1.32. The molecular weight excluding hydrogens is 355 g/mol. The van der Waals surface area contributed by atoms with Gasteiger partial charge in [0.2, 0.25) is 0 Å². The Bertz CT molecular complexity index is 823. The van der Waals surface area contributed by atoms with E-state index in [4.69, 9.17) is 0 Å². The van der Waals surface area contributed by atoms with Crippen LogP contribution in [0.2, 0.25) is 0 Å². The Morgan fingerprint density at radius 2 is 1.93 bits per heavy atom. The van der Waals surface area contributed by atoms with E-state index >= 15 is 0 Å². The van der Waals surface area contributed by atoms with Crippen molar-refractivity contribution in [2.45, 2.75) is 18.9 Å². The van der Waals surface area contributed by atoms with E-state index in [-0.39, 0.29) is 24.2 Å². The molecule has 0 spiro atoms. The highest BCUT2D eigenvalue weighted by Crippen LogP contribution is 2.18. The third kappa shape index (κ3) is 5.60. The molecular formula is C19H19FN2O5. The molecule has 2 aromatic rings. The number of rotatable bonds is 7. The minimum absolute atomic E-state index is 0.0416. The second-order valence-electron chi connectivity index (χ2n) is 5.61. The maximum absolute atomic E-state index is 13.3. The molecule has 0 aliphatic carbocycles. The van der Waals surface area contributed by atoms with Gasteiger partial charge in [0.1, 0.15) is 11.9 Å². The van der Waals surface area contributed by atoms with Crippen molar-refractivity contribution in [3.8, 4) is 11.3 Å². The van der Waals surface area contributed by atoms with Gasteiger partial charge in [-0.05, 0) is 30.7 Å². The number of hydrogen-bond donors (Lipinski definition) is 1. The number of halogens is 1. The number of aromatic nitrogens is 1. The van der Waals surface area contributed by atoms with Gasteiger partial charge in [-0.1, -0.05) is 12.1 Å². The van der Waals surface area contributed by atoms with Crippen LogP contribution in [0.1, 0.15) is 23.2 Å². The minimum atomic E-state index is -0.996. The molecule has 1 aromatic heterocycles. The van der Waals surface area contributed by atoms with Crippen molar-refractivity contribution in [2.75, 3.05) is 14.2 Å². The molecule has 0 aliphatic heterocycles. The summed E-state index contributed by atoms with van der Waals surface area (Å²) >= 11 is 0. The normalized spacial score (nSPS) is 11.4. The molecule has 8 heteroatoms. The predicted molar refractivity (Wildman–Crippen MR) is 94.2 cm³/mol. The standard InChI is InChI=1S/C19H19FN2O5/c1-26-17(23)9-8-16(19(25)27-2)22-18(24)13-6-7-15(21-11-13)12-4-3-5-14(20)10-12/h3-7,10-11,16H,8-9H2,1-2H3,(H,22,24)/t16-/m1/s1. The predicted octanol–water partition coefficient (Wildman–Crippen LogP) is 2.11. The van der Waals surface area contributed by atoms with Gasteiger partial charge in [0.05, 0.1) is 25.5 Å². The molecule has 0 radical (unpaired) electrons. The van der Waals surface area contributed by atoms with Gasteiger partial charge in [-0.25, -0.2) is 9.18 Å². The molecule has 1 atom stereocenters. The monoisotopic (exact) mass is 374 g/mol. The summed E-state index contributed by atoms with van der Waals surface area (Å²) in [4.78, 5) is 39.6. The number of methoxy groups -OCH3 is 2. The fourth-order valence-electron chi connectivity index (χ4n) is 2.34. The largest absolute Gasteiger partial charge is 0.469 e. The van der Waals surface area contributed by atoms with Gasteiger partial charge in [0, 0.05) is 18.2 Å². The van der Waals surface area contributed by atoms with Crippen LogP contribution in [-0.4, -0.2) is 43.1 Å². The van der Waals surface area contributed by atoms with Crippen LogP contribution in [0.15, 0.2) is 42.6 Å². The van der Waals surface area contributed by atoms with Crippen molar-refractivity contribution in [2.24, 2.45) is 0 Å². The Hall–Kier alpha value is -3.29. The van der Waals surface area contributed by atoms with Gasteiger partial charge in [-0.2, -0.15) is 0 Å². The number of nitrogens with zero attached hydrogens (tertiary/aromatic N) is 1. The fraction of sp³-hybridized carbons (Fsp3) is 0.263. The first-order valence-corrected chi connectivity index (χ1v) is 8.12. The third-order valence-corrected chi connectivity index (χ3v) is 3.80. The Balaban J connectivity index is 2.08. The number of carbonyl (C=O) groups is 3. The Kier molecular flexibility index (Phi) is 6.99. The highest BCUT2D eigenvalue weighted by atomic mass is 19.1. The zero-order chi connectivity index (χ0) is 19.8. The molecule has 1 amide bonds. The number of hydrogen-bond acceptors (Lipinski definition) is 6. The van der Waals surface area contributed by atoms with Crippen molar-refractivity contribution in [3.05, 3.63) is 54.0 Å². The lowest BCUT2D eigenvalue weighted by Gasteiger charge is -2.16. The SMILES string of the molecule is COC(=O)CC[C@@H](NC(=O)c1ccc(-c2cccc(F)c2)nc1)C(=O)OC. The van der Waals surface area contributed by atoms with E-state index in [1.54, 1.807) is 18.2 Å². The molecule has 1 heterocycles.